The molecule has 0 aliphatic heterocycles. The number of fused-ring (bicyclic) bond motifs is 1. The number of oxazole rings is 1. The summed E-state index contributed by atoms with van der Waals surface area (Å²) in [7, 11) is 1.64. The number of nitrogens with zero attached hydrogens (tertiary/aromatic N) is 2. The lowest BCUT2D eigenvalue weighted by molar-refractivity contribution is 0.528. The Kier molecular flexibility index (Phi) is 1.30. The monoisotopic (exact) mass is 164 g/mol. The highest BCUT2D eigenvalue weighted by Gasteiger charge is 2.05. The predicted octanol–water partition coefficient (Wildman–Crippen LogP) is 0.835. The molecule has 0 amide bonds. The van der Waals surface area contributed by atoms with E-state index in [1.807, 2.05) is 13.0 Å². The molecular formula is C8H8N2O2. The maximum absolute atomic E-state index is 11.0. The van der Waals surface area contributed by atoms with Crippen LogP contribution in [0, 0.1) is 6.92 Å². The highest BCUT2D eigenvalue weighted by molar-refractivity contribution is 5.67. The molecule has 62 valence electrons. The van der Waals surface area contributed by atoms with Crippen LogP contribution < -0.4 is 5.76 Å². The molecule has 12 heavy (non-hydrogen) atoms. The summed E-state index contributed by atoms with van der Waals surface area (Å²) >= 11 is 0. The first-order chi connectivity index (χ1) is 5.68. The number of rotatable bonds is 0. The van der Waals surface area contributed by atoms with Gasteiger partial charge in [0.2, 0.25) is 0 Å². The van der Waals surface area contributed by atoms with E-state index in [9.17, 15) is 4.79 Å². The Bertz CT molecular complexity index is 481. The van der Waals surface area contributed by atoms with E-state index in [2.05, 4.69) is 4.98 Å². The quantitative estimate of drug-likeness (QED) is 0.579. The fourth-order valence-corrected chi connectivity index (χ4v) is 1.10. The van der Waals surface area contributed by atoms with Crippen LogP contribution in [0.1, 0.15) is 5.69 Å². The zero-order valence-corrected chi connectivity index (χ0v) is 6.87. The molecule has 0 aliphatic rings. The number of aryl methyl sites for hydroxylation is 2. The molecule has 2 aromatic heterocycles. The lowest BCUT2D eigenvalue weighted by Gasteiger charge is -1.91. The van der Waals surface area contributed by atoms with Crippen molar-refractivity contribution in [3.63, 3.8) is 0 Å². The Morgan fingerprint density at radius 3 is 3.00 bits per heavy atom. The fourth-order valence-electron chi connectivity index (χ4n) is 1.10. The van der Waals surface area contributed by atoms with Crippen molar-refractivity contribution in [3.05, 3.63) is 28.4 Å². The molecule has 2 rings (SSSR count). The van der Waals surface area contributed by atoms with Crippen LogP contribution in [0.15, 0.2) is 21.3 Å². The molecule has 2 heterocycles. The summed E-state index contributed by atoms with van der Waals surface area (Å²) in [5, 5.41) is 0. The Hall–Kier alpha value is -1.58. The first kappa shape index (κ1) is 7.09. The van der Waals surface area contributed by atoms with Crippen LogP contribution in [0.5, 0.6) is 0 Å². The van der Waals surface area contributed by atoms with E-state index in [0.29, 0.717) is 11.2 Å². The van der Waals surface area contributed by atoms with E-state index in [4.69, 9.17) is 4.42 Å². The van der Waals surface area contributed by atoms with E-state index in [1.54, 1.807) is 13.1 Å². The van der Waals surface area contributed by atoms with Crippen molar-refractivity contribution in [3.8, 4) is 0 Å². The van der Waals surface area contributed by atoms with Crippen LogP contribution in [0.3, 0.4) is 0 Å². The van der Waals surface area contributed by atoms with Gasteiger partial charge in [0.15, 0.2) is 11.2 Å². The molecule has 0 atom stereocenters. The molecule has 0 saturated carbocycles. The zero-order chi connectivity index (χ0) is 8.72. The van der Waals surface area contributed by atoms with Crippen molar-refractivity contribution >= 4 is 11.2 Å². The standard InChI is InChI=1S/C8H8N2O2/c1-5-3-4-6-7(9-5)10(2)8(11)12-6/h3-4H,1-2H3. The summed E-state index contributed by atoms with van der Waals surface area (Å²) in [6, 6.07) is 3.56. The second-order valence-corrected chi connectivity index (χ2v) is 2.70. The van der Waals surface area contributed by atoms with Gasteiger partial charge in [-0.2, -0.15) is 0 Å². The molecule has 0 fully saturated rings. The van der Waals surface area contributed by atoms with Gasteiger partial charge in [-0.1, -0.05) is 0 Å². The summed E-state index contributed by atoms with van der Waals surface area (Å²) < 4.78 is 6.29. The highest BCUT2D eigenvalue weighted by atomic mass is 16.4. The third-order valence-electron chi connectivity index (χ3n) is 1.77. The molecular weight excluding hydrogens is 156 g/mol. The largest absolute Gasteiger partial charge is 0.420 e. The smallest absolute Gasteiger partial charge is 0.406 e. The predicted molar refractivity (Wildman–Crippen MR) is 44.0 cm³/mol. The van der Waals surface area contributed by atoms with Gasteiger partial charge in [-0.05, 0) is 19.1 Å². The van der Waals surface area contributed by atoms with Gasteiger partial charge in [0.1, 0.15) is 0 Å². The molecule has 0 saturated heterocycles. The Morgan fingerprint density at radius 1 is 1.50 bits per heavy atom. The second kappa shape index (κ2) is 2.20. The lowest BCUT2D eigenvalue weighted by Crippen LogP contribution is -2.09. The Balaban J connectivity index is 2.98. The Morgan fingerprint density at radius 2 is 2.25 bits per heavy atom. The van der Waals surface area contributed by atoms with Gasteiger partial charge in [0.25, 0.3) is 0 Å². The molecule has 0 bridgehead atoms. The highest BCUT2D eigenvalue weighted by Crippen LogP contribution is 2.08. The molecule has 0 radical (unpaired) electrons. The molecule has 0 spiro atoms. The van der Waals surface area contributed by atoms with Crippen molar-refractivity contribution in [2.24, 2.45) is 7.05 Å². The van der Waals surface area contributed by atoms with Crippen molar-refractivity contribution in [2.45, 2.75) is 6.92 Å². The molecule has 2 aromatic rings. The third-order valence-corrected chi connectivity index (χ3v) is 1.77. The van der Waals surface area contributed by atoms with Crippen LogP contribution >= 0.6 is 0 Å². The van der Waals surface area contributed by atoms with Crippen LogP contribution in [-0.4, -0.2) is 9.55 Å². The molecule has 4 nitrogen and oxygen atoms in total. The lowest BCUT2D eigenvalue weighted by atomic mass is 10.4. The topological polar surface area (TPSA) is 48.0 Å². The van der Waals surface area contributed by atoms with Crippen molar-refractivity contribution in [1.82, 2.24) is 9.55 Å². The first-order valence-electron chi connectivity index (χ1n) is 3.61. The van der Waals surface area contributed by atoms with Gasteiger partial charge in [-0.25, -0.2) is 9.78 Å². The van der Waals surface area contributed by atoms with Crippen LogP contribution in [-0.2, 0) is 7.05 Å². The molecule has 4 heteroatoms. The summed E-state index contributed by atoms with van der Waals surface area (Å²) in [4.78, 5) is 15.2. The molecule has 0 unspecified atom stereocenters. The van der Waals surface area contributed by atoms with Gasteiger partial charge in [0, 0.05) is 12.7 Å². The van der Waals surface area contributed by atoms with Crippen LogP contribution in [0.2, 0.25) is 0 Å². The minimum atomic E-state index is -0.372. The minimum absolute atomic E-state index is 0.372. The van der Waals surface area contributed by atoms with Crippen molar-refractivity contribution < 1.29 is 4.42 Å². The normalized spacial score (nSPS) is 10.8. The van der Waals surface area contributed by atoms with Crippen LogP contribution in [0.4, 0.5) is 0 Å². The van der Waals surface area contributed by atoms with E-state index < -0.39 is 0 Å². The average molecular weight is 164 g/mol. The summed E-state index contributed by atoms with van der Waals surface area (Å²) in [5.41, 5.74) is 2.01. The number of hydrogen-bond acceptors (Lipinski definition) is 3. The van der Waals surface area contributed by atoms with Gasteiger partial charge in [0.05, 0.1) is 0 Å². The zero-order valence-electron chi connectivity index (χ0n) is 6.87. The Labute approximate surface area is 68.4 Å². The summed E-state index contributed by atoms with van der Waals surface area (Å²) in [5.74, 6) is -0.372. The van der Waals surface area contributed by atoms with Gasteiger partial charge < -0.3 is 4.42 Å². The fraction of sp³-hybridized carbons (Fsp3) is 0.250. The number of aromatic nitrogens is 2. The maximum Gasteiger partial charge on any atom is 0.420 e. The van der Waals surface area contributed by atoms with Gasteiger partial charge >= 0.3 is 5.76 Å². The summed E-state index contributed by atoms with van der Waals surface area (Å²) in [6.45, 7) is 1.87. The molecule has 0 aromatic carbocycles. The first-order valence-corrected chi connectivity index (χ1v) is 3.61. The van der Waals surface area contributed by atoms with Gasteiger partial charge in [-0.15, -0.1) is 0 Å². The van der Waals surface area contributed by atoms with E-state index in [1.165, 1.54) is 4.57 Å². The number of pyridine rings is 1. The van der Waals surface area contributed by atoms with E-state index in [-0.39, 0.29) is 5.76 Å². The summed E-state index contributed by atoms with van der Waals surface area (Å²) in [6.07, 6.45) is 0. The average Bonchev–Trinajstić information content (AvgIpc) is 2.31. The maximum atomic E-state index is 11.0. The van der Waals surface area contributed by atoms with E-state index >= 15 is 0 Å². The second-order valence-electron chi connectivity index (χ2n) is 2.70. The SMILES string of the molecule is Cc1ccc2oc(=O)n(C)c2n1. The third kappa shape index (κ3) is 0.845. The van der Waals surface area contributed by atoms with E-state index in [0.717, 1.165) is 5.69 Å². The van der Waals surface area contributed by atoms with Gasteiger partial charge in [-0.3, -0.25) is 4.57 Å². The number of hydrogen-bond donors (Lipinski definition) is 0. The van der Waals surface area contributed by atoms with Crippen LogP contribution in [0.25, 0.3) is 11.2 Å². The molecule has 0 aliphatic carbocycles. The van der Waals surface area contributed by atoms with Crippen molar-refractivity contribution in [2.75, 3.05) is 0 Å². The molecule has 0 N–H and O–H groups in total. The van der Waals surface area contributed by atoms with Crippen molar-refractivity contribution in [1.29, 1.82) is 0 Å². The minimum Gasteiger partial charge on any atom is -0.406 e.